The molecule has 0 aliphatic heterocycles. The summed E-state index contributed by atoms with van der Waals surface area (Å²) in [7, 11) is 0. The van der Waals surface area contributed by atoms with E-state index in [4.69, 9.17) is 4.74 Å². The van der Waals surface area contributed by atoms with Crippen LogP contribution in [0.25, 0.3) is 0 Å². The zero-order chi connectivity index (χ0) is 21.5. The molecule has 4 heteroatoms. The van der Waals surface area contributed by atoms with Gasteiger partial charge in [-0.05, 0) is 92.1 Å². The van der Waals surface area contributed by atoms with Gasteiger partial charge < -0.3 is 4.74 Å². The molecule has 0 aliphatic carbocycles. The number of hydrogen-bond donors (Lipinski definition) is 0. The van der Waals surface area contributed by atoms with E-state index in [1.165, 1.54) is 29.3 Å². The van der Waals surface area contributed by atoms with Gasteiger partial charge in [0.2, 0.25) is 0 Å². The normalized spacial score (nSPS) is 11.9. The maximum absolute atomic E-state index is 14.5. The molecular formula is C26H26F2O2. The smallest absolute Gasteiger partial charge is 0.150 e. The average Bonchev–Trinajstić information content (AvgIpc) is 2.74. The third-order valence-electron chi connectivity index (χ3n) is 5.44. The van der Waals surface area contributed by atoms with Gasteiger partial charge >= 0.3 is 0 Å². The highest BCUT2D eigenvalue weighted by Gasteiger charge is 2.20. The minimum absolute atomic E-state index is 0.145. The van der Waals surface area contributed by atoms with Crippen molar-refractivity contribution in [2.24, 2.45) is 0 Å². The Kier molecular flexibility index (Phi) is 7.34. The van der Waals surface area contributed by atoms with E-state index in [-0.39, 0.29) is 11.5 Å². The Morgan fingerprint density at radius 1 is 0.933 bits per heavy atom. The van der Waals surface area contributed by atoms with Crippen LogP contribution in [0.1, 0.15) is 51.4 Å². The molecule has 0 saturated heterocycles. The second kappa shape index (κ2) is 10.1. The summed E-state index contributed by atoms with van der Waals surface area (Å²) in [4.78, 5) is 10.7. The largest absolute Gasteiger partial charge is 0.494 e. The number of benzene rings is 3. The highest BCUT2D eigenvalue weighted by molar-refractivity contribution is 5.74. The Morgan fingerprint density at radius 2 is 1.63 bits per heavy atom. The highest BCUT2D eigenvalue weighted by atomic mass is 19.1. The molecule has 0 spiro atoms. The summed E-state index contributed by atoms with van der Waals surface area (Å²) >= 11 is 0. The maximum Gasteiger partial charge on any atom is 0.150 e. The van der Waals surface area contributed by atoms with Crippen LogP contribution in [0.4, 0.5) is 8.78 Å². The van der Waals surface area contributed by atoms with E-state index in [2.05, 4.69) is 6.07 Å². The van der Waals surface area contributed by atoms with Gasteiger partial charge in [0, 0.05) is 11.1 Å². The lowest BCUT2D eigenvalue weighted by Crippen LogP contribution is -2.10. The summed E-state index contributed by atoms with van der Waals surface area (Å²) in [5.41, 5.74) is 4.16. The van der Waals surface area contributed by atoms with E-state index >= 15 is 0 Å². The summed E-state index contributed by atoms with van der Waals surface area (Å²) in [6, 6.07) is 17.1. The first-order valence-electron chi connectivity index (χ1n) is 10.2. The Labute approximate surface area is 176 Å². The second-order valence-electron chi connectivity index (χ2n) is 7.63. The SMILES string of the molecule is Cc1ccc(C[C@@H](CCCOc2ccc(C=O)cc2)c2c(F)cccc2F)cc1C. The fraction of sp³-hybridized carbons (Fsp3) is 0.269. The van der Waals surface area contributed by atoms with Crippen LogP contribution < -0.4 is 4.74 Å². The van der Waals surface area contributed by atoms with E-state index in [1.54, 1.807) is 24.3 Å². The predicted molar refractivity (Wildman–Crippen MR) is 115 cm³/mol. The molecule has 0 aliphatic rings. The predicted octanol–water partition coefficient (Wildman–Crippen LogP) is 6.58. The summed E-state index contributed by atoms with van der Waals surface area (Å²) in [6.45, 7) is 4.52. The number of carbonyl (C=O) groups is 1. The quantitative estimate of drug-likeness (QED) is 0.295. The maximum atomic E-state index is 14.5. The number of aryl methyl sites for hydroxylation is 2. The number of rotatable bonds is 9. The van der Waals surface area contributed by atoms with Crippen LogP contribution in [0.2, 0.25) is 0 Å². The van der Waals surface area contributed by atoms with Gasteiger partial charge in [-0.25, -0.2) is 8.78 Å². The number of aldehydes is 1. The molecular weight excluding hydrogens is 382 g/mol. The Balaban J connectivity index is 1.70. The van der Waals surface area contributed by atoms with Crippen LogP contribution in [0.5, 0.6) is 5.75 Å². The first-order chi connectivity index (χ1) is 14.5. The van der Waals surface area contributed by atoms with E-state index in [0.717, 1.165) is 11.8 Å². The molecule has 156 valence electrons. The molecule has 0 fully saturated rings. The fourth-order valence-electron chi connectivity index (χ4n) is 3.63. The van der Waals surface area contributed by atoms with Crippen LogP contribution in [0.3, 0.4) is 0 Å². The standard InChI is InChI=1S/C26H26F2O2/c1-18-8-9-21(15-19(18)2)16-22(26-24(27)6-3-7-25(26)28)5-4-14-30-23-12-10-20(17-29)11-13-23/h3,6-13,15,17,22H,4-5,14,16H2,1-2H3/t22-/m1/s1. The molecule has 30 heavy (non-hydrogen) atoms. The van der Waals surface area contributed by atoms with E-state index in [0.29, 0.717) is 37.2 Å². The van der Waals surface area contributed by atoms with Crippen molar-refractivity contribution in [2.45, 2.75) is 39.0 Å². The van der Waals surface area contributed by atoms with Gasteiger partial charge in [0.15, 0.2) is 0 Å². The molecule has 3 rings (SSSR count). The van der Waals surface area contributed by atoms with Gasteiger partial charge in [-0.2, -0.15) is 0 Å². The topological polar surface area (TPSA) is 26.3 Å². The summed E-state index contributed by atoms with van der Waals surface area (Å²) in [6.07, 6.45) is 2.59. The van der Waals surface area contributed by atoms with Crippen LogP contribution in [0, 0.1) is 25.5 Å². The summed E-state index contributed by atoms with van der Waals surface area (Å²) in [5, 5.41) is 0. The third kappa shape index (κ3) is 5.53. The number of hydrogen-bond acceptors (Lipinski definition) is 2. The molecule has 0 N–H and O–H groups in total. The van der Waals surface area contributed by atoms with Crippen molar-refractivity contribution >= 4 is 6.29 Å². The molecule has 0 unspecified atom stereocenters. The van der Waals surface area contributed by atoms with Crippen LogP contribution in [0.15, 0.2) is 60.7 Å². The average molecular weight is 408 g/mol. The molecule has 0 heterocycles. The van der Waals surface area contributed by atoms with Gasteiger partial charge in [-0.3, -0.25) is 4.79 Å². The molecule has 0 saturated carbocycles. The van der Waals surface area contributed by atoms with Crippen LogP contribution in [-0.4, -0.2) is 12.9 Å². The molecule has 0 amide bonds. The molecule has 1 atom stereocenters. The molecule has 2 nitrogen and oxygen atoms in total. The van der Waals surface area contributed by atoms with E-state index in [9.17, 15) is 13.6 Å². The molecule has 3 aromatic rings. The fourth-order valence-corrected chi connectivity index (χ4v) is 3.63. The van der Waals surface area contributed by atoms with Crippen molar-refractivity contribution in [1.82, 2.24) is 0 Å². The lowest BCUT2D eigenvalue weighted by Gasteiger charge is -2.20. The number of halogens is 2. The lowest BCUT2D eigenvalue weighted by atomic mass is 9.87. The van der Waals surface area contributed by atoms with Gasteiger partial charge in [0.25, 0.3) is 0 Å². The monoisotopic (exact) mass is 408 g/mol. The third-order valence-corrected chi connectivity index (χ3v) is 5.44. The minimum atomic E-state index is -0.505. The van der Waals surface area contributed by atoms with Gasteiger partial charge in [0.05, 0.1) is 6.61 Å². The van der Waals surface area contributed by atoms with E-state index in [1.807, 2.05) is 26.0 Å². The Bertz CT molecular complexity index is 976. The minimum Gasteiger partial charge on any atom is -0.494 e. The number of ether oxygens (including phenoxy) is 1. The van der Waals surface area contributed by atoms with Crippen molar-refractivity contribution < 1.29 is 18.3 Å². The van der Waals surface area contributed by atoms with Gasteiger partial charge in [0.1, 0.15) is 23.7 Å². The second-order valence-corrected chi connectivity index (χ2v) is 7.63. The molecule has 3 aromatic carbocycles. The van der Waals surface area contributed by atoms with Crippen molar-refractivity contribution in [3.8, 4) is 5.75 Å². The lowest BCUT2D eigenvalue weighted by molar-refractivity contribution is 0.112. The van der Waals surface area contributed by atoms with Crippen molar-refractivity contribution in [3.63, 3.8) is 0 Å². The van der Waals surface area contributed by atoms with Crippen molar-refractivity contribution in [3.05, 3.63) is 100 Å². The van der Waals surface area contributed by atoms with Gasteiger partial charge in [-0.1, -0.05) is 24.3 Å². The Hall–Kier alpha value is -3.01. The first-order valence-corrected chi connectivity index (χ1v) is 10.2. The zero-order valence-electron chi connectivity index (χ0n) is 17.3. The van der Waals surface area contributed by atoms with Crippen LogP contribution >= 0.6 is 0 Å². The molecule has 0 aromatic heterocycles. The number of carbonyl (C=O) groups excluding carboxylic acids is 1. The molecule has 0 bridgehead atoms. The first kappa shape index (κ1) is 21.7. The summed E-state index contributed by atoms with van der Waals surface area (Å²) in [5.74, 6) is -0.624. The Morgan fingerprint density at radius 3 is 2.27 bits per heavy atom. The van der Waals surface area contributed by atoms with E-state index < -0.39 is 11.6 Å². The van der Waals surface area contributed by atoms with Crippen molar-refractivity contribution in [1.29, 1.82) is 0 Å². The van der Waals surface area contributed by atoms with Gasteiger partial charge in [-0.15, -0.1) is 0 Å². The van der Waals surface area contributed by atoms with Crippen LogP contribution in [-0.2, 0) is 6.42 Å². The molecule has 0 radical (unpaired) electrons. The highest BCUT2D eigenvalue weighted by Crippen LogP contribution is 2.31. The summed E-state index contributed by atoms with van der Waals surface area (Å²) < 4.78 is 34.7. The zero-order valence-corrected chi connectivity index (χ0v) is 17.3. The van der Waals surface area contributed by atoms with Crippen molar-refractivity contribution in [2.75, 3.05) is 6.61 Å².